The largest absolute Gasteiger partial charge is 0.416 e. The molecule has 0 saturated carbocycles. The highest BCUT2D eigenvalue weighted by Crippen LogP contribution is 2.46. The summed E-state index contributed by atoms with van der Waals surface area (Å²) in [5, 5.41) is 12.2. The van der Waals surface area contributed by atoms with Crippen molar-refractivity contribution in [3.05, 3.63) is 356 Å². The topological polar surface area (TPSA) is 62.1 Å². The number of benzene rings is 10. The molecule has 2 aliphatic carbocycles. The van der Waals surface area contributed by atoms with Gasteiger partial charge in [-0.15, -0.1) is 0 Å². The number of hydrogen-bond donors (Lipinski definition) is 0. The van der Waals surface area contributed by atoms with E-state index >= 15 is 0 Å². The number of fused-ring (bicyclic) bond motifs is 4. The number of allylic oxidation sites excluding steroid dienone is 7. The Morgan fingerprint density at radius 3 is 1.49 bits per heavy atom. The Labute approximate surface area is 626 Å². The predicted octanol–water partition coefficient (Wildman–Crippen LogP) is 26.4. The molecule has 12 aromatic rings. The van der Waals surface area contributed by atoms with Crippen molar-refractivity contribution in [3.8, 4) is 34.0 Å². The molecule has 0 bridgehead atoms. The van der Waals surface area contributed by atoms with Crippen LogP contribution in [-0.4, -0.2) is 13.3 Å². The highest BCUT2D eigenvalue weighted by Gasteiger charge is 2.32. The fourth-order valence-corrected chi connectivity index (χ4v) is 15.2. The second kappa shape index (κ2) is 28.2. The SMILES string of the molecule is [C-]#[N+]C(=C(c1ccc(C(C)(C)C)cc1)c1ccc(C(C)(C)C)cc1)c1ccc(-c2ccc(N(C3=CCC(c4ccc(C(C#N)=C(c5ccc(C(C)(C)C)cc5)c5ccc(C(C)(C)C)cc5)cc4)C=C3)c3ccc(-c4ccc5c(c4)c4c(n5-c5ccc(C(F)(F)F)cc5)C=CC=CC4)c4nsnc34)cc2)cc1. The summed E-state index contributed by atoms with van der Waals surface area (Å²) in [7, 11) is 0. The molecule has 0 aliphatic heterocycles. The molecule has 6 nitrogen and oxygen atoms in total. The molecule has 10 aromatic carbocycles. The third-order valence-corrected chi connectivity index (χ3v) is 21.3. The van der Waals surface area contributed by atoms with Crippen molar-refractivity contribution in [1.82, 2.24) is 13.3 Å². The van der Waals surface area contributed by atoms with Crippen molar-refractivity contribution in [3.63, 3.8) is 0 Å². The van der Waals surface area contributed by atoms with E-state index in [4.69, 9.17) is 15.3 Å². The van der Waals surface area contributed by atoms with Crippen LogP contribution in [0.5, 0.6) is 0 Å². The van der Waals surface area contributed by atoms with Gasteiger partial charge in [-0.1, -0.05) is 277 Å². The average molecular weight is 1410 g/mol. The van der Waals surface area contributed by atoms with Crippen LogP contribution in [0.4, 0.5) is 24.5 Å². The quantitative estimate of drug-likeness (QED) is 0.0656. The molecule has 106 heavy (non-hydrogen) atoms. The van der Waals surface area contributed by atoms with E-state index < -0.39 is 11.7 Å². The van der Waals surface area contributed by atoms with Gasteiger partial charge in [0.2, 0.25) is 5.70 Å². The van der Waals surface area contributed by atoms with Crippen LogP contribution < -0.4 is 4.90 Å². The summed E-state index contributed by atoms with van der Waals surface area (Å²) < 4.78 is 53.7. The lowest BCUT2D eigenvalue weighted by molar-refractivity contribution is -0.137. The van der Waals surface area contributed by atoms with Crippen molar-refractivity contribution in [2.45, 2.75) is 130 Å². The minimum Gasteiger partial charge on any atom is -0.310 e. The molecule has 2 aromatic heterocycles. The smallest absolute Gasteiger partial charge is 0.310 e. The van der Waals surface area contributed by atoms with Crippen molar-refractivity contribution < 1.29 is 13.2 Å². The van der Waals surface area contributed by atoms with Crippen LogP contribution in [-0.2, 0) is 34.3 Å². The van der Waals surface area contributed by atoms with Gasteiger partial charge >= 0.3 is 6.18 Å². The number of alkyl halides is 3. The van der Waals surface area contributed by atoms with Crippen LogP contribution in [0.2, 0.25) is 0 Å². The monoisotopic (exact) mass is 1410 g/mol. The zero-order chi connectivity index (χ0) is 74.6. The number of halogens is 3. The molecular weight excluding hydrogens is 1330 g/mol. The van der Waals surface area contributed by atoms with Gasteiger partial charge in [0.25, 0.3) is 0 Å². The number of aromatic nitrogens is 3. The highest BCUT2D eigenvalue weighted by atomic mass is 32.1. The minimum absolute atomic E-state index is 0.0259. The van der Waals surface area contributed by atoms with Gasteiger partial charge in [0.15, 0.2) is 0 Å². The van der Waals surface area contributed by atoms with Crippen molar-refractivity contribution >= 4 is 73.5 Å². The lowest BCUT2D eigenvalue weighted by Crippen LogP contribution is -2.18. The molecule has 0 fully saturated rings. The molecule has 0 radical (unpaired) electrons. The highest BCUT2D eigenvalue weighted by molar-refractivity contribution is 7.00. The first-order chi connectivity index (χ1) is 50.6. The van der Waals surface area contributed by atoms with Gasteiger partial charge in [-0.2, -0.15) is 27.2 Å². The standard InChI is InChI=1S/C96H85F3N6S/c1-92(2,3)72-40-27-66(28-41-72)87(67-29-42-73(43-30-67)93(4,5)6)83(60-100)65-23-19-61(20-24-65)63-35-50-77(51-36-63)104(86-58-56-80(90-91(86)103-106-102-90)71-39-57-85-82(59-71)81-17-15-14-16-18-84(81)105(85)79-54-48-76(49-55-79)96(97,98)99)78-52-37-64(38-53-78)62-21-25-70(26-22-62)89(101-13)88(68-31-44-74(45-32-68)94(7,8)9)69-33-46-75(47-34-69)95(10,11)12/h14-16,18-35,37-59,63H,17,36H2,1-12H3. The van der Waals surface area contributed by atoms with Gasteiger partial charge < -0.3 is 9.47 Å². The summed E-state index contributed by atoms with van der Waals surface area (Å²) in [5.74, 6) is 0.0413. The molecule has 0 N–H and O–H groups in total. The molecule has 526 valence electrons. The summed E-state index contributed by atoms with van der Waals surface area (Å²) in [5.41, 5.74) is 25.4. The van der Waals surface area contributed by atoms with Crippen LogP contribution in [0, 0.1) is 17.9 Å². The summed E-state index contributed by atoms with van der Waals surface area (Å²) >= 11 is 1.17. The van der Waals surface area contributed by atoms with E-state index in [1.54, 1.807) is 12.1 Å². The number of anilines is 2. The molecule has 1 atom stereocenters. The summed E-state index contributed by atoms with van der Waals surface area (Å²) in [6, 6.07) is 78.8. The number of nitrogens with zero attached hydrogens (tertiary/aromatic N) is 6. The van der Waals surface area contributed by atoms with Gasteiger partial charge in [-0.3, -0.25) is 0 Å². The van der Waals surface area contributed by atoms with E-state index in [0.717, 1.165) is 135 Å². The third-order valence-electron chi connectivity index (χ3n) is 20.8. The van der Waals surface area contributed by atoms with E-state index in [1.807, 2.05) is 22.8 Å². The number of rotatable bonds is 13. The van der Waals surface area contributed by atoms with Crippen LogP contribution >= 0.6 is 11.7 Å². The number of nitriles is 1. The molecule has 1 unspecified atom stereocenters. The first-order valence-corrected chi connectivity index (χ1v) is 37.0. The lowest BCUT2D eigenvalue weighted by Gasteiger charge is -2.29. The Bertz CT molecular complexity index is 5480. The predicted molar refractivity (Wildman–Crippen MR) is 436 cm³/mol. The normalized spacial score (nSPS) is 13.9. The fourth-order valence-electron chi connectivity index (χ4n) is 14.6. The van der Waals surface area contributed by atoms with E-state index in [-0.39, 0.29) is 27.6 Å². The average Bonchev–Trinajstić information content (AvgIpc) is 1.54. The Hall–Kier alpha value is -11.4. The van der Waals surface area contributed by atoms with Crippen LogP contribution in [0.3, 0.4) is 0 Å². The second-order valence-electron chi connectivity index (χ2n) is 32.0. The molecule has 0 spiro atoms. The first kappa shape index (κ1) is 71.6. The maximum Gasteiger partial charge on any atom is 0.416 e. The van der Waals surface area contributed by atoms with Crippen LogP contribution in [0.15, 0.2) is 267 Å². The molecule has 10 heteroatoms. The zero-order valence-electron chi connectivity index (χ0n) is 62.1. The fraction of sp³-hybridized carbons (Fsp3) is 0.208. The zero-order valence-corrected chi connectivity index (χ0v) is 62.9. The minimum atomic E-state index is -4.45. The molecule has 2 heterocycles. The van der Waals surface area contributed by atoms with Crippen molar-refractivity contribution in [2.24, 2.45) is 0 Å². The van der Waals surface area contributed by atoms with Gasteiger partial charge in [-0.25, -0.2) is 4.85 Å². The summed E-state index contributed by atoms with van der Waals surface area (Å²) in [4.78, 5) is 6.55. The molecule has 0 amide bonds. The van der Waals surface area contributed by atoms with Crippen molar-refractivity contribution in [1.29, 1.82) is 5.26 Å². The summed E-state index contributed by atoms with van der Waals surface area (Å²) in [6.45, 7) is 35.3. The second-order valence-corrected chi connectivity index (χ2v) is 32.5. The van der Waals surface area contributed by atoms with E-state index in [1.165, 1.54) is 34.0 Å². The molecule has 14 rings (SSSR count). The maximum absolute atomic E-state index is 13.8. The van der Waals surface area contributed by atoms with E-state index in [2.05, 4.69) is 323 Å². The van der Waals surface area contributed by atoms with E-state index in [0.29, 0.717) is 29.8 Å². The van der Waals surface area contributed by atoms with Gasteiger partial charge in [0, 0.05) is 39.5 Å². The maximum atomic E-state index is 13.8. The Balaban J connectivity index is 0.824. The Morgan fingerprint density at radius 1 is 0.519 bits per heavy atom. The number of hydrogen-bond acceptors (Lipinski definition) is 5. The molecular formula is C96H85F3N6S. The third kappa shape index (κ3) is 14.4. The molecule has 2 aliphatic rings. The Kier molecular flexibility index (Phi) is 19.0. The molecule has 0 saturated heterocycles. The Morgan fingerprint density at radius 2 is 1.00 bits per heavy atom. The van der Waals surface area contributed by atoms with Crippen LogP contribution in [0.25, 0.3) is 83.2 Å². The summed E-state index contributed by atoms with van der Waals surface area (Å²) in [6.07, 6.45) is 11.8. The van der Waals surface area contributed by atoms with Gasteiger partial charge in [0.05, 0.1) is 46.3 Å². The lowest BCUT2D eigenvalue weighted by atomic mass is 9.83. The van der Waals surface area contributed by atoms with Gasteiger partial charge in [-0.05, 0) is 196 Å². The van der Waals surface area contributed by atoms with E-state index in [9.17, 15) is 18.4 Å². The van der Waals surface area contributed by atoms with Crippen LogP contribution in [0.1, 0.15) is 173 Å². The van der Waals surface area contributed by atoms with Crippen molar-refractivity contribution in [2.75, 3.05) is 4.90 Å². The first-order valence-electron chi connectivity index (χ1n) is 36.3. The van der Waals surface area contributed by atoms with Gasteiger partial charge in [0.1, 0.15) is 17.1 Å².